The molecular weight excluding hydrogens is 403 g/mol. The number of amides is 1. The maximum Gasteiger partial charge on any atom is 0.250 e. The minimum atomic E-state index is -0.307. The molecule has 0 radical (unpaired) electrons. The van der Waals surface area contributed by atoms with Crippen LogP contribution < -0.4 is 10.1 Å². The summed E-state index contributed by atoms with van der Waals surface area (Å²) in [5.41, 5.74) is 2.34. The van der Waals surface area contributed by atoms with E-state index >= 15 is 0 Å². The average Bonchev–Trinajstić information content (AvgIpc) is 3.10. The van der Waals surface area contributed by atoms with Gasteiger partial charge in [0, 0.05) is 32.6 Å². The smallest absolute Gasteiger partial charge is 0.250 e. The highest BCUT2D eigenvalue weighted by Crippen LogP contribution is 2.27. The summed E-state index contributed by atoms with van der Waals surface area (Å²) < 4.78 is 5.43. The predicted octanol–water partition coefficient (Wildman–Crippen LogP) is 6.17. The summed E-state index contributed by atoms with van der Waals surface area (Å²) in [7, 11) is 0. The Bertz CT molecular complexity index is 948. The van der Waals surface area contributed by atoms with Gasteiger partial charge in [0.15, 0.2) is 5.13 Å². The molecule has 0 bridgehead atoms. The van der Waals surface area contributed by atoms with Gasteiger partial charge in [-0.15, -0.1) is 11.3 Å². The summed E-state index contributed by atoms with van der Waals surface area (Å²) in [5, 5.41) is 6.11. The third-order valence-electron chi connectivity index (χ3n) is 3.60. The van der Waals surface area contributed by atoms with Crippen molar-refractivity contribution < 1.29 is 9.53 Å². The van der Waals surface area contributed by atoms with Crippen molar-refractivity contribution in [2.75, 3.05) is 11.9 Å². The van der Waals surface area contributed by atoms with Crippen LogP contribution in [-0.4, -0.2) is 17.5 Å². The Morgan fingerprint density at radius 1 is 1.19 bits per heavy atom. The molecule has 1 aromatic heterocycles. The number of nitrogens with zero attached hydrogens (tertiary/aromatic N) is 1. The molecular formula is C20H16Cl2N2O2S. The van der Waals surface area contributed by atoms with Crippen LogP contribution in [0.5, 0.6) is 5.75 Å². The highest BCUT2D eigenvalue weighted by Gasteiger charge is 2.08. The first-order valence-electron chi connectivity index (χ1n) is 8.18. The van der Waals surface area contributed by atoms with E-state index in [2.05, 4.69) is 10.3 Å². The molecule has 138 valence electrons. The fraction of sp³-hybridized carbons (Fsp3) is 0.100. The second kappa shape index (κ2) is 9.04. The summed E-state index contributed by atoms with van der Waals surface area (Å²) >= 11 is 13.5. The number of rotatable bonds is 6. The Morgan fingerprint density at radius 3 is 2.56 bits per heavy atom. The molecule has 0 aliphatic heterocycles. The number of aromatic nitrogens is 1. The van der Waals surface area contributed by atoms with Gasteiger partial charge in [-0.3, -0.25) is 10.1 Å². The van der Waals surface area contributed by atoms with Gasteiger partial charge >= 0.3 is 0 Å². The van der Waals surface area contributed by atoms with Gasteiger partial charge in [-0.05, 0) is 49.4 Å². The van der Waals surface area contributed by atoms with E-state index in [1.54, 1.807) is 24.3 Å². The highest BCUT2D eigenvalue weighted by molar-refractivity contribution is 7.14. The van der Waals surface area contributed by atoms with Crippen molar-refractivity contribution in [1.29, 1.82) is 0 Å². The topological polar surface area (TPSA) is 51.2 Å². The zero-order valence-electron chi connectivity index (χ0n) is 14.4. The van der Waals surface area contributed by atoms with Crippen molar-refractivity contribution in [3.8, 4) is 17.0 Å². The van der Waals surface area contributed by atoms with E-state index in [9.17, 15) is 4.79 Å². The van der Waals surface area contributed by atoms with Crippen LogP contribution in [-0.2, 0) is 4.79 Å². The fourth-order valence-electron chi connectivity index (χ4n) is 2.33. The van der Waals surface area contributed by atoms with E-state index < -0.39 is 0 Å². The number of carbonyl (C=O) groups excluding carboxylic acids is 1. The van der Waals surface area contributed by atoms with Gasteiger partial charge in [-0.25, -0.2) is 4.98 Å². The molecule has 0 spiro atoms. The molecule has 1 heterocycles. The van der Waals surface area contributed by atoms with Crippen molar-refractivity contribution in [2.24, 2.45) is 0 Å². The molecule has 0 saturated carbocycles. The minimum absolute atomic E-state index is 0.307. The molecule has 0 atom stereocenters. The van der Waals surface area contributed by atoms with Crippen molar-refractivity contribution in [1.82, 2.24) is 4.98 Å². The summed E-state index contributed by atoms with van der Waals surface area (Å²) in [6.07, 6.45) is 2.96. The molecule has 27 heavy (non-hydrogen) atoms. The first-order valence-corrected chi connectivity index (χ1v) is 9.82. The van der Waals surface area contributed by atoms with Crippen LogP contribution in [0.1, 0.15) is 12.5 Å². The molecule has 0 aliphatic rings. The summed E-state index contributed by atoms with van der Waals surface area (Å²) in [6, 6.07) is 12.8. The summed E-state index contributed by atoms with van der Waals surface area (Å²) in [5.74, 6) is 0.506. The van der Waals surface area contributed by atoms with Crippen molar-refractivity contribution in [2.45, 2.75) is 6.92 Å². The lowest BCUT2D eigenvalue weighted by Crippen LogP contribution is -2.07. The molecule has 0 fully saturated rings. The van der Waals surface area contributed by atoms with Crippen LogP contribution in [0, 0.1) is 0 Å². The van der Waals surface area contributed by atoms with Crippen LogP contribution in [0.4, 0.5) is 5.13 Å². The lowest BCUT2D eigenvalue weighted by atomic mass is 10.2. The second-order valence-electron chi connectivity index (χ2n) is 5.45. The minimum Gasteiger partial charge on any atom is -0.494 e. The standard InChI is InChI=1S/C20H16Cl2N2O2S/c1-2-26-14-8-6-13(7-9-14)18-12-27-20(23-18)24-19(25)11-10-15-16(21)4-3-5-17(15)22/h3-12H,2H2,1H3,(H,23,24,25)/b11-10+. The molecule has 4 nitrogen and oxygen atoms in total. The lowest BCUT2D eigenvalue weighted by Gasteiger charge is -2.03. The van der Waals surface area contributed by atoms with E-state index in [1.807, 2.05) is 36.6 Å². The normalized spacial score (nSPS) is 10.9. The molecule has 1 N–H and O–H groups in total. The van der Waals surface area contributed by atoms with Gasteiger partial charge < -0.3 is 4.74 Å². The van der Waals surface area contributed by atoms with Gasteiger partial charge in [0.2, 0.25) is 5.91 Å². The van der Waals surface area contributed by atoms with Crippen LogP contribution in [0.25, 0.3) is 17.3 Å². The van der Waals surface area contributed by atoms with Crippen LogP contribution in [0.3, 0.4) is 0 Å². The summed E-state index contributed by atoms with van der Waals surface area (Å²) in [6.45, 7) is 2.57. The number of thiazole rings is 1. The van der Waals surface area contributed by atoms with E-state index in [4.69, 9.17) is 27.9 Å². The number of ether oxygens (including phenoxy) is 1. The van der Waals surface area contributed by atoms with Crippen LogP contribution in [0.15, 0.2) is 53.9 Å². The average molecular weight is 419 g/mol. The number of carbonyl (C=O) groups is 1. The first-order chi connectivity index (χ1) is 13.1. The van der Waals surface area contributed by atoms with E-state index in [0.29, 0.717) is 27.3 Å². The molecule has 0 aliphatic carbocycles. The SMILES string of the molecule is CCOc1ccc(-c2csc(NC(=O)/C=C/c3c(Cl)cccc3Cl)n2)cc1. The van der Waals surface area contributed by atoms with Crippen molar-refractivity contribution in [3.05, 3.63) is 69.5 Å². The quantitative estimate of drug-likeness (QED) is 0.487. The number of hydrogen-bond donors (Lipinski definition) is 1. The molecule has 0 unspecified atom stereocenters. The van der Waals surface area contributed by atoms with E-state index in [0.717, 1.165) is 17.0 Å². The lowest BCUT2D eigenvalue weighted by molar-refractivity contribution is -0.111. The molecule has 3 rings (SSSR count). The molecule has 7 heteroatoms. The fourth-order valence-corrected chi connectivity index (χ4v) is 3.57. The zero-order chi connectivity index (χ0) is 19.2. The van der Waals surface area contributed by atoms with Crippen molar-refractivity contribution in [3.63, 3.8) is 0 Å². The number of hydrogen-bond acceptors (Lipinski definition) is 4. The zero-order valence-corrected chi connectivity index (χ0v) is 16.7. The largest absolute Gasteiger partial charge is 0.494 e. The highest BCUT2D eigenvalue weighted by atomic mass is 35.5. The van der Waals surface area contributed by atoms with E-state index in [-0.39, 0.29) is 5.91 Å². The predicted molar refractivity (Wildman–Crippen MR) is 113 cm³/mol. The van der Waals surface area contributed by atoms with Gasteiger partial charge in [-0.1, -0.05) is 29.3 Å². The maximum atomic E-state index is 12.1. The third-order valence-corrected chi connectivity index (χ3v) is 5.01. The Hall–Kier alpha value is -2.34. The molecule has 1 amide bonds. The Balaban J connectivity index is 1.66. The van der Waals surface area contributed by atoms with Crippen LogP contribution >= 0.6 is 34.5 Å². The van der Waals surface area contributed by atoms with Gasteiger partial charge in [0.1, 0.15) is 5.75 Å². The Kier molecular flexibility index (Phi) is 6.50. The van der Waals surface area contributed by atoms with Gasteiger partial charge in [-0.2, -0.15) is 0 Å². The van der Waals surface area contributed by atoms with Gasteiger partial charge in [0.05, 0.1) is 12.3 Å². The van der Waals surface area contributed by atoms with Crippen LogP contribution in [0.2, 0.25) is 10.0 Å². The van der Waals surface area contributed by atoms with Crippen molar-refractivity contribution >= 4 is 51.7 Å². The van der Waals surface area contributed by atoms with E-state index in [1.165, 1.54) is 17.4 Å². The number of anilines is 1. The Labute approximate surface area is 171 Å². The first kappa shape index (κ1) is 19.4. The third kappa shape index (κ3) is 5.10. The maximum absolute atomic E-state index is 12.1. The van der Waals surface area contributed by atoms with Gasteiger partial charge in [0.25, 0.3) is 0 Å². The monoisotopic (exact) mass is 418 g/mol. The Morgan fingerprint density at radius 2 is 1.89 bits per heavy atom. The molecule has 2 aromatic carbocycles. The number of halogens is 2. The number of nitrogens with one attached hydrogen (secondary N) is 1. The second-order valence-corrected chi connectivity index (χ2v) is 7.13. The molecule has 0 saturated heterocycles. The summed E-state index contributed by atoms with van der Waals surface area (Å²) in [4.78, 5) is 16.6. The number of benzene rings is 2. The molecule has 3 aromatic rings.